The monoisotopic (exact) mass is 207 g/mol. The molecule has 0 unspecified atom stereocenters. The molecule has 0 heterocycles. The molecule has 0 amide bonds. The average molecular weight is 207 g/mol. The van der Waals surface area contributed by atoms with E-state index < -0.39 is 0 Å². The first-order valence-corrected chi connectivity index (χ1v) is 5.29. The van der Waals surface area contributed by atoms with Gasteiger partial charge in [0.25, 0.3) is 0 Å². The molecule has 0 aliphatic carbocycles. The van der Waals surface area contributed by atoms with E-state index in [4.69, 9.17) is 5.26 Å². The first kappa shape index (κ1) is 10.4. The second-order valence-corrected chi connectivity index (χ2v) is 3.91. The number of benzene rings is 2. The van der Waals surface area contributed by atoms with E-state index in [1.807, 2.05) is 38.1 Å². The van der Waals surface area contributed by atoms with Crippen LogP contribution in [0.2, 0.25) is 0 Å². The molecule has 0 atom stereocenters. The quantitative estimate of drug-likeness (QED) is 0.697. The number of nitriles is 1. The van der Waals surface area contributed by atoms with Gasteiger partial charge in [0.2, 0.25) is 0 Å². The number of aryl methyl sites for hydroxylation is 1. The van der Waals surface area contributed by atoms with Crippen LogP contribution in [0.5, 0.6) is 0 Å². The fraction of sp³-hybridized carbons (Fsp3) is 0.133. The highest BCUT2D eigenvalue weighted by Gasteiger charge is 2.07. The Morgan fingerprint density at radius 2 is 1.62 bits per heavy atom. The van der Waals surface area contributed by atoms with E-state index in [2.05, 4.69) is 24.3 Å². The molecule has 16 heavy (non-hydrogen) atoms. The minimum absolute atomic E-state index is 0.793. The molecule has 0 aliphatic rings. The molecule has 1 nitrogen and oxygen atoms in total. The van der Waals surface area contributed by atoms with Gasteiger partial charge in [0, 0.05) is 0 Å². The van der Waals surface area contributed by atoms with Crippen LogP contribution in [-0.2, 0) is 0 Å². The van der Waals surface area contributed by atoms with E-state index in [1.165, 1.54) is 0 Å². The van der Waals surface area contributed by atoms with Gasteiger partial charge in [-0.05, 0) is 36.1 Å². The molecule has 0 saturated carbocycles. The van der Waals surface area contributed by atoms with Crippen LogP contribution in [0.4, 0.5) is 0 Å². The summed E-state index contributed by atoms with van der Waals surface area (Å²) in [5.41, 5.74) is 5.20. The van der Waals surface area contributed by atoms with Crippen molar-refractivity contribution in [1.82, 2.24) is 0 Å². The predicted molar refractivity (Wildman–Crippen MR) is 66.1 cm³/mol. The number of nitrogens with zero attached hydrogens (tertiary/aromatic N) is 1. The van der Waals surface area contributed by atoms with Crippen molar-refractivity contribution in [3.05, 3.63) is 59.2 Å². The molecule has 0 spiro atoms. The summed E-state index contributed by atoms with van der Waals surface area (Å²) >= 11 is 0. The lowest BCUT2D eigenvalue weighted by atomic mass is 9.94. The van der Waals surface area contributed by atoms with Crippen LogP contribution in [0.25, 0.3) is 11.1 Å². The van der Waals surface area contributed by atoms with Crippen molar-refractivity contribution in [2.24, 2.45) is 0 Å². The summed E-state index contributed by atoms with van der Waals surface area (Å²) in [6, 6.07) is 16.5. The molecule has 0 aromatic heterocycles. The van der Waals surface area contributed by atoms with Crippen LogP contribution >= 0.6 is 0 Å². The Morgan fingerprint density at radius 3 is 2.25 bits per heavy atom. The van der Waals surface area contributed by atoms with Gasteiger partial charge in [-0.2, -0.15) is 5.26 Å². The molecule has 0 radical (unpaired) electrons. The van der Waals surface area contributed by atoms with E-state index in [9.17, 15) is 0 Å². The third kappa shape index (κ3) is 1.70. The summed E-state index contributed by atoms with van der Waals surface area (Å²) in [5.74, 6) is 0. The molecular weight excluding hydrogens is 194 g/mol. The van der Waals surface area contributed by atoms with Crippen molar-refractivity contribution >= 4 is 0 Å². The van der Waals surface area contributed by atoms with Gasteiger partial charge in [-0.25, -0.2) is 0 Å². The number of rotatable bonds is 1. The van der Waals surface area contributed by atoms with E-state index in [-0.39, 0.29) is 0 Å². The maximum absolute atomic E-state index is 9.12. The zero-order valence-electron chi connectivity index (χ0n) is 9.49. The van der Waals surface area contributed by atoms with Crippen molar-refractivity contribution in [3.8, 4) is 17.2 Å². The topological polar surface area (TPSA) is 23.8 Å². The fourth-order valence-corrected chi connectivity index (χ4v) is 1.95. The second-order valence-electron chi connectivity index (χ2n) is 3.91. The Balaban J connectivity index is 2.65. The molecule has 0 saturated heterocycles. The highest BCUT2D eigenvalue weighted by atomic mass is 14.3. The van der Waals surface area contributed by atoms with Crippen molar-refractivity contribution in [2.45, 2.75) is 13.8 Å². The van der Waals surface area contributed by atoms with Gasteiger partial charge in [-0.3, -0.25) is 0 Å². The Kier molecular flexibility index (Phi) is 2.74. The number of hydrogen-bond acceptors (Lipinski definition) is 1. The number of hydrogen-bond donors (Lipinski definition) is 0. The van der Waals surface area contributed by atoms with Crippen molar-refractivity contribution in [2.75, 3.05) is 0 Å². The molecule has 2 aromatic carbocycles. The lowest BCUT2D eigenvalue weighted by molar-refractivity contribution is 1.32. The normalized spacial score (nSPS) is 9.81. The van der Waals surface area contributed by atoms with Gasteiger partial charge in [0.1, 0.15) is 0 Å². The van der Waals surface area contributed by atoms with Gasteiger partial charge < -0.3 is 0 Å². The Bertz CT molecular complexity index is 548. The lowest BCUT2D eigenvalue weighted by Gasteiger charge is -2.09. The summed E-state index contributed by atoms with van der Waals surface area (Å²) in [6.07, 6.45) is 0. The smallest absolute Gasteiger partial charge is 0.0997 e. The zero-order chi connectivity index (χ0) is 11.5. The van der Waals surface area contributed by atoms with Crippen molar-refractivity contribution in [3.63, 3.8) is 0 Å². The third-order valence-electron chi connectivity index (χ3n) is 2.87. The summed E-state index contributed by atoms with van der Waals surface area (Å²) < 4.78 is 0. The van der Waals surface area contributed by atoms with E-state index in [0.717, 1.165) is 27.8 Å². The van der Waals surface area contributed by atoms with Gasteiger partial charge in [-0.15, -0.1) is 0 Å². The molecule has 78 valence electrons. The Morgan fingerprint density at radius 1 is 0.938 bits per heavy atom. The van der Waals surface area contributed by atoms with E-state index in [0.29, 0.717) is 0 Å². The molecule has 2 aromatic rings. The molecule has 0 aliphatic heterocycles. The molecule has 2 rings (SSSR count). The maximum atomic E-state index is 9.12. The molecule has 0 N–H and O–H groups in total. The molecule has 0 bridgehead atoms. The minimum Gasteiger partial charge on any atom is -0.192 e. The van der Waals surface area contributed by atoms with E-state index in [1.54, 1.807) is 0 Å². The first-order valence-electron chi connectivity index (χ1n) is 5.29. The molecular formula is C15H13N. The van der Waals surface area contributed by atoms with Gasteiger partial charge in [0.15, 0.2) is 0 Å². The SMILES string of the molecule is Cc1ccc(-c2ccccc2)c(C)c1C#N. The van der Waals surface area contributed by atoms with E-state index >= 15 is 0 Å². The summed E-state index contributed by atoms with van der Waals surface area (Å²) in [5, 5.41) is 9.12. The van der Waals surface area contributed by atoms with Crippen molar-refractivity contribution in [1.29, 1.82) is 5.26 Å². The standard InChI is InChI=1S/C15H13N/c1-11-8-9-14(12(2)15(11)10-16)13-6-4-3-5-7-13/h3-9H,1-2H3. The van der Waals surface area contributed by atoms with Crippen molar-refractivity contribution < 1.29 is 0 Å². The van der Waals surface area contributed by atoms with Crippen LogP contribution in [0.1, 0.15) is 16.7 Å². The highest BCUT2D eigenvalue weighted by molar-refractivity contribution is 5.70. The summed E-state index contributed by atoms with van der Waals surface area (Å²) in [4.78, 5) is 0. The second kappa shape index (κ2) is 4.20. The van der Waals surface area contributed by atoms with Crippen LogP contribution < -0.4 is 0 Å². The summed E-state index contributed by atoms with van der Waals surface area (Å²) in [6.45, 7) is 3.98. The summed E-state index contributed by atoms with van der Waals surface area (Å²) in [7, 11) is 0. The predicted octanol–water partition coefficient (Wildman–Crippen LogP) is 3.84. The van der Waals surface area contributed by atoms with Gasteiger partial charge in [-0.1, -0.05) is 42.5 Å². The molecule has 1 heteroatoms. The fourth-order valence-electron chi connectivity index (χ4n) is 1.95. The van der Waals surface area contributed by atoms with Crippen LogP contribution in [0.3, 0.4) is 0 Å². The van der Waals surface area contributed by atoms with Crippen LogP contribution in [0.15, 0.2) is 42.5 Å². The minimum atomic E-state index is 0.793. The Labute approximate surface area is 96.0 Å². The lowest BCUT2D eigenvalue weighted by Crippen LogP contribution is -1.91. The zero-order valence-corrected chi connectivity index (χ0v) is 9.49. The van der Waals surface area contributed by atoms with Crippen LogP contribution in [-0.4, -0.2) is 0 Å². The maximum Gasteiger partial charge on any atom is 0.0997 e. The van der Waals surface area contributed by atoms with Gasteiger partial charge in [0.05, 0.1) is 11.6 Å². The highest BCUT2D eigenvalue weighted by Crippen LogP contribution is 2.26. The average Bonchev–Trinajstić information content (AvgIpc) is 2.31. The largest absolute Gasteiger partial charge is 0.192 e. The first-order chi connectivity index (χ1) is 7.74. The van der Waals surface area contributed by atoms with Crippen LogP contribution in [0, 0.1) is 25.2 Å². The molecule has 0 fully saturated rings. The Hall–Kier alpha value is -2.07. The van der Waals surface area contributed by atoms with Gasteiger partial charge >= 0.3 is 0 Å². The third-order valence-corrected chi connectivity index (χ3v) is 2.87.